The van der Waals surface area contributed by atoms with Gasteiger partial charge in [0.2, 0.25) is 5.91 Å². The van der Waals surface area contributed by atoms with Gasteiger partial charge in [-0.3, -0.25) is 9.78 Å². The van der Waals surface area contributed by atoms with Crippen LogP contribution in [0.15, 0.2) is 40.8 Å². The van der Waals surface area contributed by atoms with Crippen LogP contribution in [-0.2, 0) is 4.79 Å². The highest BCUT2D eigenvalue weighted by atomic mass is 16.1. The van der Waals surface area contributed by atoms with Gasteiger partial charge in [0.25, 0.3) is 0 Å². The van der Waals surface area contributed by atoms with Crippen molar-refractivity contribution in [3.8, 4) is 0 Å². The van der Waals surface area contributed by atoms with Crippen LogP contribution in [0.3, 0.4) is 0 Å². The number of amidine groups is 1. The Kier molecular flexibility index (Phi) is 2.36. The van der Waals surface area contributed by atoms with Gasteiger partial charge in [-0.1, -0.05) is 0 Å². The molecule has 0 radical (unpaired) electrons. The second kappa shape index (κ2) is 4.01. The number of aromatic nitrogens is 1. The van der Waals surface area contributed by atoms with Gasteiger partial charge < -0.3 is 10.6 Å². The van der Waals surface area contributed by atoms with E-state index >= 15 is 0 Å². The Balaban J connectivity index is 1.75. The maximum atomic E-state index is 11.6. The monoisotopic (exact) mass is 228 g/mol. The molecule has 0 bridgehead atoms. The Bertz CT molecular complexity index is 519. The van der Waals surface area contributed by atoms with Crippen LogP contribution in [0.2, 0.25) is 0 Å². The Morgan fingerprint density at radius 3 is 2.88 bits per heavy atom. The lowest BCUT2D eigenvalue weighted by Crippen LogP contribution is -2.30. The van der Waals surface area contributed by atoms with E-state index < -0.39 is 0 Å². The molecule has 0 aliphatic carbocycles. The molecule has 5 heteroatoms. The molecule has 0 fully saturated rings. The van der Waals surface area contributed by atoms with E-state index in [9.17, 15) is 4.79 Å². The highest BCUT2D eigenvalue weighted by Crippen LogP contribution is 2.25. The van der Waals surface area contributed by atoms with Gasteiger partial charge in [0, 0.05) is 43.0 Å². The summed E-state index contributed by atoms with van der Waals surface area (Å²) in [5.41, 5.74) is 2.66. The molecule has 0 unspecified atom stereocenters. The largest absolute Gasteiger partial charge is 0.352 e. The second-order valence-electron chi connectivity index (χ2n) is 4.03. The van der Waals surface area contributed by atoms with Crippen molar-refractivity contribution in [3.63, 3.8) is 0 Å². The first-order valence-corrected chi connectivity index (χ1v) is 5.58. The lowest BCUT2D eigenvalue weighted by Gasteiger charge is -2.12. The van der Waals surface area contributed by atoms with E-state index in [4.69, 9.17) is 0 Å². The molecule has 0 spiro atoms. The second-order valence-corrected chi connectivity index (χ2v) is 4.03. The van der Waals surface area contributed by atoms with Crippen molar-refractivity contribution in [2.24, 2.45) is 4.99 Å². The predicted octanol–water partition coefficient (Wildman–Crippen LogP) is 1.07. The molecule has 2 aliphatic heterocycles. The molecule has 0 saturated carbocycles. The highest BCUT2D eigenvalue weighted by Gasteiger charge is 2.26. The van der Waals surface area contributed by atoms with Gasteiger partial charge in [-0.05, 0) is 12.1 Å². The van der Waals surface area contributed by atoms with Crippen LogP contribution in [0.1, 0.15) is 12.8 Å². The van der Waals surface area contributed by atoms with Gasteiger partial charge in [0.05, 0.1) is 5.70 Å². The maximum Gasteiger partial charge on any atom is 0.249 e. The fourth-order valence-corrected chi connectivity index (χ4v) is 2.03. The van der Waals surface area contributed by atoms with Crippen LogP contribution in [0.5, 0.6) is 0 Å². The summed E-state index contributed by atoms with van der Waals surface area (Å²) in [6.45, 7) is 0.684. The SMILES string of the molecule is O=C1NCCC2=C1CC(Nc1ccncc1)=N2. The summed E-state index contributed by atoms with van der Waals surface area (Å²) in [6.07, 6.45) is 4.85. The molecular formula is C12H12N4O. The van der Waals surface area contributed by atoms with E-state index in [-0.39, 0.29) is 5.91 Å². The number of amides is 1. The minimum absolute atomic E-state index is 0.0153. The molecule has 1 aromatic heterocycles. The van der Waals surface area contributed by atoms with Gasteiger partial charge in [-0.25, -0.2) is 4.99 Å². The zero-order valence-corrected chi connectivity index (χ0v) is 9.23. The van der Waals surface area contributed by atoms with Crippen LogP contribution < -0.4 is 10.6 Å². The number of aliphatic imine (C=N–C) groups is 1. The van der Waals surface area contributed by atoms with Gasteiger partial charge in [0.1, 0.15) is 5.84 Å². The van der Waals surface area contributed by atoms with Crippen LogP contribution in [-0.4, -0.2) is 23.3 Å². The summed E-state index contributed by atoms with van der Waals surface area (Å²) in [7, 11) is 0. The normalized spacial score (nSPS) is 18.6. The van der Waals surface area contributed by atoms with E-state index in [0.29, 0.717) is 13.0 Å². The first-order valence-electron chi connectivity index (χ1n) is 5.58. The molecule has 0 atom stereocenters. The minimum Gasteiger partial charge on any atom is -0.352 e. The number of rotatable bonds is 1. The summed E-state index contributed by atoms with van der Waals surface area (Å²) in [5.74, 6) is 0.847. The number of hydrogen-bond donors (Lipinski definition) is 2. The number of pyridine rings is 1. The van der Waals surface area contributed by atoms with Crippen LogP contribution in [0, 0.1) is 0 Å². The molecule has 3 rings (SSSR count). The molecule has 5 nitrogen and oxygen atoms in total. The molecule has 3 heterocycles. The molecule has 0 saturated heterocycles. The van der Waals surface area contributed by atoms with Crippen molar-refractivity contribution in [1.29, 1.82) is 0 Å². The lowest BCUT2D eigenvalue weighted by molar-refractivity contribution is -0.117. The van der Waals surface area contributed by atoms with Gasteiger partial charge >= 0.3 is 0 Å². The molecule has 86 valence electrons. The summed E-state index contributed by atoms with van der Waals surface area (Å²) in [4.78, 5) is 20.0. The number of nitrogens with one attached hydrogen (secondary N) is 2. The van der Waals surface area contributed by atoms with Gasteiger partial charge in [0.15, 0.2) is 0 Å². The topological polar surface area (TPSA) is 66.4 Å². The average molecular weight is 228 g/mol. The lowest BCUT2D eigenvalue weighted by atomic mass is 10.1. The number of carbonyl (C=O) groups is 1. The van der Waals surface area contributed by atoms with Crippen molar-refractivity contribution < 1.29 is 4.79 Å². The van der Waals surface area contributed by atoms with Gasteiger partial charge in [-0.2, -0.15) is 0 Å². The van der Waals surface area contributed by atoms with Crippen molar-refractivity contribution in [3.05, 3.63) is 35.8 Å². The van der Waals surface area contributed by atoms with E-state index in [1.165, 1.54) is 0 Å². The zero-order valence-electron chi connectivity index (χ0n) is 9.23. The Morgan fingerprint density at radius 1 is 1.29 bits per heavy atom. The number of carbonyl (C=O) groups excluding carboxylic acids is 1. The van der Waals surface area contributed by atoms with Crippen molar-refractivity contribution in [1.82, 2.24) is 10.3 Å². The van der Waals surface area contributed by atoms with Crippen LogP contribution in [0.4, 0.5) is 5.69 Å². The standard InChI is InChI=1S/C12H12N4O/c17-12-9-7-11(16-10(9)3-6-14-12)15-8-1-4-13-5-2-8/h1-2,4-5H,3,6-7H2,(H,14,17)(H,13,15,16). The molecule has 2 aliphatic rings. The van der Waals surface area contributed by atoms with Crippen molar-refractivity contribution in [2.45, 2.75) is 12.8 Å². The van der Waals surface area contributed by atoms with Crippen LogP contribution >= 0.6 is 0 Å². The Labute approximate surface area is 98.7 Å². The van der Waals surface area contributed by atoms with Crippen molar-refractivity contribution in [2.75, 3.05) is 11.9 Å². The number of anilines is 1. The minimum atomic E-state index is 0.0153. The predicted molar refractivity (Wildman–Crippen MR) is 64.6 cm³/mol. The average Bonchev–Trinajstić information content (AvgIpc) is 2.74. The summed E-state index contributed by atoms with van der Waals surface area (Å²) in [6, 6.07) is 3.75. The molecule has 1 amide bonds. The molecule has 0 aromatic carbocycles. The molecule has 1 aromatic rings. The first kappa shape index (κ1) is 10.0. The molecule has 2 N–H and O–H groups in total. The third-order valence-electron chi connectivity index (χ3n) is 2.85. The fraction of sp³-hybridized carbons (Fsp3) is 0.250. The van der Waals surface area contributed by atoms with E-state index in [2.05, 4.69) is 20.6 Å². The summed E-state index contributed by atoms with van der Waals surface area (Å²) in [5, 5.41) is 6.04. The molecule has 17 heavy (non-hydrogen) atoms. The summed E-state index contributed by atoms with van der Waals surface area (Å²) < 4.78 is 0. The summed E-state index contributed by atoms with van der Waals surface area (Å²) >= 11 is 0. The Morgan fingerprint density at radius 2 is 2.12 bits per heavy atom. The maximum absolute atomic E-state index is 11.6. The smallest absolute Gasteiger partial charge is 0.249 e. The molecular weight excluding hydrogens is 216 g/mol. The fourth-order valence-electron chi connectivity index (χ4n) is 2.03. The van der Waals surface area contributed by atoms with Gasteiger partial charge in [-0.15, -0.1) is 0 Å². The quantitative estimate of drug-likeness (QED) is 0.755. The third-order valence-corrected chi connectivity index (χ3v) is 2.85. The third kappa shape index (κ3) is 1.91. The zero-order chi connectivity index (χ0) is 11.7. The Hall–Kier alpha value is -2.17. The van der Waals surface area contributed by atoms with E-state index in [1.54, 1.807) is 12.4 Å². The number of nitrogens with zero attached hydrogens (tertiary/aromatic N) is 2. The first-order chi connectivity index (χ1) is 8.33. The van der Waals surface area contributed by atoms with E-state index in [1.807, 2.05) is 12.1 Å². The van der Waals surface area contributed by atoms with E-state index in [0.717, 1.165) is 29.2 Å². The highest BCUT2D eigenvalue weighted by molar-refractivity contribution is 6.08. The number of hydrogen-bond acceptors (Lipinski definition) is 4. The van der Waals surface area contributed by atoms with Crippen LogP contribution in [0.25, 0.3) is 0 Å². The van der Waals surface area contributed by atoms with Crippen molar-refractivity contribution >= 4 is 17.4 Å².